The van der Waals surface area contributed by atoms with Crippen LogP contribution in [0.4, 0.5) is 4.39 Å². The molecule has 0 saturated heterocycles. The number of carbonyl (C=O) groups is 1. The predicted molar refractivity (Wildman–Crippen MR) is 73.4 cm³/mol. The Morgan fingerprint density at radius 3 is 2.81 bits per heavy atom. The van der Waals surface area contributed by atoms with Crippen LogP contribution in [0.1, 0.15) is 11.9 Å². The van der Waals surface area contributed by atoms with E-state index in [1.165, 1.54) is 25.5 Å². The quantitative estimate of drug-likeness (QED) is 0.851. The summed E-state index contributed by atoms with van der Waals surface area (Å²) in [6.07, 6.45) is 1.15. The SMILES string of the molecule is COC(CNC(=O)COc1ccccc1F)c1ccco1. The van der Waals surface area contributed by atoms with Crippen LogP contribution in [0.3, 0.4) is 0 Å². The van der Waals surface area contributed by atoms with E-state index in [-0.39, 0.29) is 30.9 Å². The molecule has 1 aromatic heterocycles. The Kier molecular flexibility index (Phi) is 5.34. The molecule has 1 N–H and O–H groups in total. The Morgan fingerprint density at radius 1 is 1.33 bits per heavy atom. The first kappa shape index (κ1) is 15.1. The number of benzene rings is 1. The third-order valence-electron chi connectivity index (χ3n) is 2.83. The summed E-state index contributed by atoms with van der Waals surface area (Å²) in [5, 5.41) is 2.64. The Hall–Kier alpha value is -2.34. The van der Waals surface area contributed by atoms with E-state index in [2.05, 4.69) is 5.32 Å². The number of rotatable bonds is 7. The van der Waals surface area contributed by atoms with Gasteiger partial charge in [-0.3, -0.25) is 4.79 Å². The largest absolute Gasteiger partial charge is 0.481 e. The smallest absolute Gasteiger partial charge is 0.258 e. The number of ether oxygens (including phenoxy) is 2. The lowest BCUT2D eigenvalue weighted by Gasteiger charge is -2.14. The highest BCUT2D eigenvalue weighted by Crippen LogP contribution is 2.16. The van der Waals surface area contributed by atoms with Gasteiger partial charge in [0.15, 0.2) is 18.2 Å². The van der Waals surface area contributed by atoms with Crippen LogP contribution in [-0.2, 0) is 9.53 Å². The number of nitrogens with one attached hydrogen (secondary N) is 1. The van der Waals surface area contributed by atoms with Gasteiger partial charge in [-0.15, -0.1) is 0 Å². The molecule has 2 rings (SSSR count). The highest BCUT2D eigenvalue weighted by molar-refractivity contribution is 5.77. The molecule has 0 aliphatic carbocycles. The first-order chi connectivity index (χ1) is 10.2. The molecule has 6 heteroatoms. The van der Waals surface area contributed by atoms with Crippen LogP contribution in [0.25, 0.3) is 0 Å². The molecule has 0 bridgehead atoms. The second-order valence-corrected chi connectivity index (χ2v) is 4.26. The van der Waals surface area contributed by atoms with Gasteiger partial charge in [-0.1, -0.05) is 12.1 Å². The maximum atomic E-state index is 13.3. The summed E-state index contributed by atoms with van der Waals surface area (Å²) in [6, 6.07) is 9.41. The van der Waals surface area contributed by atoms with E-state index in [0.717, 1.165) is 0 Å². The number of carbonyl (C=O) groups excluding carboxylic acids is 1. The van der Waals surface area contributed by atoms with Gasteiger partial charge >= 0.3 is 0 Å². The Labute approximate surface area is 121 Å². The summed E-state index contributed by atoms with van der Waals surface area (Å²) in [6.45, 7) is -0.0288. The maximum absolute atomic E-state index is 13.3. The molecule has 1 atom stereocenters. The maximum Gasteiger partial charge on any atom is 0.258 e. The van der Waals surface area contributed by atoms with Gasteiger partial charge in [-0.25, -0.2) is 4.39 Å². The highest BCUT2D eigenvalue weighted by atomic mass is 19.1. The van der Waals surface area contributed by atoms with E-state index in [1.807, 2.05) is 0 Å². The summed E-state index contributed by atoms with van der Waals surface area (Å²) in [7, 11) is 1.52. The molecule has 0 spiro atoms. The predicted octanol–water partition coefficient (Wildman–Crippen LogP) is 2.30. The van der Waals surface area contributed by atoms with Crippen LogP contribution in [-0.4, -0.2) is 26.2 Å². The summed E-state index contributed by atoms with van der Waals surface area (Å²) in [5.41, 5.74) is 0. The molecule has 1 aromatic carbocycles. The van der Waals surface area contributed by atoms with E-state index >= 15 is 0 Å². The Morgan fingerprint density at radius 2 is 2.14 bits per heavy atom. The fourth-order valence-corrected chi connectivity index (χ4v) is 1.74. The van der Waals surface area contributed by atoms with Crippen LogP contribution in [0.15, 0.2) is 47.1 Å². The minimum atomic E-state index is -0.504. The van der Waals surface area contributed by atoms with Crippen LogP contribution in [0.2, 0.25) is 0 Å². The van der Waals surface area contributed by atoms with Gasteiger partial charge < -0.3 is 19.2 Å². The fourth-order valence-electron chi connectivity index (χ4n) is 1.74. The summed E-state index contributed by atoms with van der Waals surface area (Å²) < 4.78 is 28.8. The van der Waals surface area contributed by atoms with Crippen molar-refractivity contribution in [2.75, 3.05) is 20.3 Å². The van der Waals surface area contributed by atoms with Gasteiger partial charge in [0, 0.05) is 7.11 Å². The summed E-state index contributed by atoms with van der Waals surface area (Å²) in [5.74, 6) is -0.211. The van der Waals surface area contributed by atoms with Gasteiger partial charge in [0.05, 0.1) is 12.8 Å². The van der Waals surface area contributed by atoms with Crippen molar-refractivity contribution in [3.05, 3.63) is 54.2 Å². The van der Waals surface area contributed by atoms with Gasteiger partial charge in [-0.05, 0) is 24.3 Å². The third-order valence-corrected chi connectivity index (χ3v) is 2.83. The van der Waals surface area contributed by atoms with Crippen LogP contribution in [0, 0.1) is 5.82 Å². The lowest BCUT2D eigenvalue weighted by Crippen LogP contribution is -2.33. The van der Waals surface area contributed by atoms with E-state index in [0.29, 0.717) is 5.76 Å². The van der Waals surface area contributed by atoms with Crippen molar-refractivity contribution >= 4 is 5.91 Å². The monoisotopic (exact) mass is 293 g/mol. The van der Waals surface area contributed by atoms with Crippen molar-refractivity contribution in [2.45, 2.75) is 6.10 Å². The molecular formula is C15H16FNO4. The molecule has 0 fully saturated rings. The zero-order valence-corrected chi connectivity index (χ0v) is 11.5. The second-order valence-electron chi connectivity index (χ2n) is 4.26. The average molecular weight is 293 g/mol. The number of hydrogen-bond donors (Lipinski definition) is 1. The van der Waals surface area contributed by atoms with E-state index in [9.17, 15) is 9.18 Å². The molecule has 0 aliphatic rings. The van der Waals surface area contributed by atoms with Gasteiger partial charge in [0.1, 0.15) is 11.9 Å². The fraction of sp³-hybridized carbons (Fsp3) is 0.267. The van der Waals surface area contributed by atoms with Crippen LogP contribution >= 0.6 is 0 Å². The first-order valence-corrected chi connectivity index (χ1v) is 6.41. The molecule has 0 aliphatic heterocycles. The zero-order chi connectivity index (χ0) is 15.1. The molecule has 112 valence electrons. The molecule has 1 heterocycles. The molecule has 1 amide bonds. The van der Waals surface area contributed by atoms with Crippen molar-refractivity contribution in [3.63, 3.8) is 0 Å². The molecule has 2 aromatic rings. The lowest BCUT2D eigenvalue weighted by atomic mass is 10.2. The molecular weight excluding hydrogens is 277 g/mol. The number of para-hydroxylation sites is 1. The minimum absolute atomic E-state index is 0.0435. The normalized spacial score (nSPS) is 11.9. The van der Waals surface area contributed by atoms with Crippen molar-refractivity contribution in [1.29, 1.82) is 0 Å². The molecule has 0 radical (unpaired) electrons. The summed E-state index contributed by atoms with van der Waals surface area (Å²) >= 11 is 0. The number of amides is 1. The van der Waals surface area contributed by atoms with E-state index in [4.69, 9.17) is 13.9 Å². The van der Waals surface area contributed by atoms with Crippen molar-refractivity contribution in [1.82, 2.24) is 5.32 Å². The van der Waals surface area contributed by atoms with Crippen molar-refractivity contribution < 1.29 is 23.1 Å². The van der Waals surface area contributed by atoms with Crippen LogP contribution < -0.4 is 10.1 Å². The lowest BCUT2D eigenvalue weighted by molar-refractivity contribution is -0.123. The van der Waals surface area contributed by atoms with Gasteiger partial charge in [-0.2, -0.15) is 0 Å². The van der Waals surface area contributed by atoms with Crippen LogP contribution in [0.5, 0.6) is 5.75 Å². The number of hydrogen-bond acceptors (Lipinski definition) is 4. The van der Waals surface area contributed by atoms with E-state index < -0.39 is 5.82 Å². The summed E-state index contributed by atoms with van der Waals surface area (Å²) in [4.78, 5) is 11.7. The second kappa shape index (κ2) is 7.44. The topological polar surface area (TPSA) is 60.7 Å². The zero-order valence-electron chi connectivity index (χ0n) is 11.5. The van der Waals surface area contributed by atoms with Crippen molar-refractivity contribution in [2.24, 2.45) is 0 Å². The Balaban J connectivity index is 1.78. The standard InChI is InChI=1S/C15H16FNO4/c1-19-14(13-7-4-8-20-13)9-17-15(18)10-21-12-6-3-2-5-11(12)16/h2-8,14H,9-10H2,1H3,(H,17,18). The number of methoxy groups -OCH3 is 1. The van der Waals surface area contributed by atoms with Crippen molar-refractivity contribution in [3.8, 4) is 5.75 Å². The molecule has 5 nitrogen and oxygen atoms in total. The van der Waals surface area contributed by atoms with Gasteiger partial charge in [0.2, 0.25) is 0 Å². The molecule has 0 saturated carbocycles. The van der Waals surface area contributed by atoms with E-state index in [1.54, 1.807) is 24.3 Å². The highest BCUT2D eigenvalue weighted by Gasteiger charge is 2.15. The van der Waals surface area contributed by atoms with Gasteiger partial charge in [0.25, 0.3) is 5.91 Å². The number of furan rings is 1. The third kappa shape index (κ3) is 4.32. The molecule has 1 unspecified atom stereocenters. The first-order valence-electron chi connectivity index (χ1n) is 6.41. The average Bonchev–Trinajstić information content (AvgIpc) is 3.01. The molecule has 21 heavy (non-hydrogen) atoms. The Bertz CT molecular complexity index is 571. The number of halogens is 1. The minimum Gasteiger partial charge on any atom is -0.481 e.